The van der Waals surface area contributed by atoms with E-state index >= 15 is 0 Å². The Balaban J connectivity index is 1.94. The van der Waals surface area contributed by atoms with Crippen molar-refractivity contribution in [1.82, 2.24) is 0 Å². The number of aliphatic hydroxyl groups is 1. The largest absolute Gasteiger partial charge is 0.388 e. The quantitative estimate of drug-likeness (QED) is 0.713. The number of hydrogen-bond donors (Lipinski definition) is 2. The number of nitrogens with two attached hydrogens (primary N) is 1. The summed E-state index contributed by atoms with van der Waals surface area (Å²) < 4.78 is 0. The van der Waals surface area contributed by atoms with Crippen LogP contribution in [0.25, 0.3) is 0 Å². The summed E-state index contributed by atoms with van der Waals surface area (Å²) in [5, 5.41) is 10.5. The Hall–Kier alpha value is -0.0800. The van der Waals surface area contributed by atoms with E-state index in [0.29, 0.717) is 5.92 Å². The summed E-state index contributed by atoms with van der Waals surface area (Å²) in [6, 6.07) is 0.0561. The fraction of sp³-hybridized carbons (Fsp3) is 1.00. The maximum Gasteiger partial charge on any atom is 0.0800 e. The lowest BCUT2D eigenvalue weighted by atomic mass is 9.80. The Labute approximate surface area is 86.9 Å². The van der Waals surface area contributed by atoms with Crippen molar-refractivity contribution >= 4 is 0 Å². The van der Waals surface area contributed by atoms with Gasteiger partial charge in [0.05, 0.1) is 5.60 Å². The van der Waals surface area contributed by atoms with Crippen LogP contribution >= 0.6 is 0 Å². The van der Waals surface area contributed by atoms with E-state index in [-0.39, 0.29) is 6.04 Å². The highest BCUT2D eigenvalue weighted by Gasteiger charge is 2.42. The van der Waals surface area contributed by atoms with Crippen molar-refractivity contribution < 1.29 is 5.11 Å². The first-order chi connectivity index (χ1) is 6.72. The first-order valence-electron chi connectivity index (χ1n) is 6.20. The molecule has 0 aromatic rings. The molecule has 2 aliphatic carbocycles. The molecular formula is C12H23NO. The van der Waals surface area contributed by atoms with E-state index in [4.69, 9.17) is 5.73 Å². The standard InChI is InChI=1S/C12H23NO/c13-11(10-6-7-10)12(14)8-4-2-1-3-5-9-12/h10-11,14H,1-9,13H2. The highest BCUT2D eigenvalue weighted by atomic mass is 16.3. The van der Waals surface area contributed by atoms with Gasteiger partial charge >= 0.3 is 0 Å². The molecule has 0 bridgehead atoms. The van der Waals surface area contributed by atoms with E-state index in [9.17, 15) is 5.11 Å². The molecule has 2 saturated carbocycles. The summed E-state index contributed by atoms with van der Waals surface area (Å²) in [4.78, 5) is 0. The van der Waals surface area contributed by atoms with Crippen molar-refractivity contribution in [2.45, 2.75) is 69.4 Å². The topological polar surface area (TPSA) is 46.2 Å². The molecule has 0 radical (unpaired) electrons. The molecule has 0 aromatic carbocycles. The van der Waals surface area contributed by atoms with Gasteiger partial charge in [-0.25, -0.2) is 0 Å². The van der Waals surface area contributed by atoms with Crippen LogP contribution in [0.3, 0.4) is 0 Å². The summed E-state index contributed by atoms with van der Waals surface area (Å²) in [7, 11) is 0. The van der Waals surface area contributed by atoms with E-state index in [1.807, 2.05) is 0 Å². The minimum absolute atomic E-state index is 0.0561. The van der Waals surface area contributed by atoms with E-state index in [1.54, 1.807) is 0 Å². The van der Waals surface area contributed by atoms with Crippen molar-refractivity contribution in [1.29, 1.82) is 0 Å². The number of rotatable bonds is 2. The molecule has 2 aliphatic rings. The molecule has 2 rings (SSSR count). The lowest BCUT2D eigenvalue weighted by molar-refractivity contribution is -0.0162. The molecule has 1 atom stereocenters. The molecule has 14 heavy (non-hydrogen) atoms. The Morgan fingerprint density at radius 2 is 1.50 bits per heavy atom. The SMILES string of the molecule is NC(C1CC1)C1(O)CCCCCCC1. The highest BCUT2D eigenvalue weighted by Crippen LogP contribution is 2.40. The molecule has 2 nitrogen and oxygen atoms in total. The first-order valence-corrected chi connectivity index (χ1v) is 6.20. The zero-order chi connectivity index (χ0) is 10.0. The van der Waals surface area contributed by atoms with E-state index in [2.05, 4.69) is 0 Å². The van der Waals surface area contributed by atoms with Gasteiger partial charge in [-0.2, -0.15) is 0 Å². The van der Waals surface area contributed by atoms with Crippen LogP contribution in [0.4, 0.5) is 0 Å². The Morgan fingerprint density at radius 1 is 1.00 bits per heavy atom. The lowest BCUT2D eigenvalue weighted by Gasteiger charge is -2.35. The average molecular weight is 197 g/mol. The van der Waals surface area contributed by atoms with Crippen LogP contribution in [0, 0.1) is 5.92 Å². The molecule has 0 amide bonds. The fourth-order valence-electron chi connectivity index (χ4n) is 2.74. The van der Waals surface area contributed by atoms with Gasteiger partial charge in [0.25, 0.3) is 0 Å². The summed E-state index contributed by atoms with van der Waals surface area (Å²) in [5.41, 5.74) is 5.63. The van der Waals surface area contributed by atoms with Gasteiger partial charge in [-0.05, 0) is 31.6 Å². The molecule has 0 aromatic heterocycles. The Kier molecular flexibility index (Phi) is 3.13. The van der Waals surface area contributed by atoms with Crippen LogP contribution in [0.2, 0.25) is 0 Å². The Bertz CT molecular complexity index is 181. The van der Waals surface area contributed by atoms with Gasteiger partial charge in [-0.3, -0.25) is 0 Å². The van der Waals surface area contributed by atoms with Crippen LogP contribution in [-0.2, 0) is 0 Å². The summed E-state index contributed by atoms with van der Waals surface area (Å²) in [6.07, 6.45) is 10.6. The van der Waals surface area contributed by atoms with Gasteiger partial charge in [0.1, 0.15) is 0 Å². The second-order valence-electron chi connectivity index (χ2n) is 5.23. The van der Waals surface area contributed by atoms with Crippen LogP contribution in [0.15, 0.2) is 0 Å². The van der Waals surface area contributed by atoms with Gasteiger partial charge in [0, 0.05) is 6.04 Å². The lowest BCUT2D eigenvalue weighted by Crippen LogP contribution is -2.49. The highest BCUT2D eigenvalue weighted by molar-refractivity contribution is 4.98. The van der Waals surface area contributed by atoms with E-state index in [1.165, 1.54) is 32.1 Å². The maximum atomic E-state index is 10.5. The molecule has 0 spiro atoms. The third kappa shape index (κ3) is 2.29. The second-order valence-corrected chi connectivity index (χ2v) is 5.23. The molecule has 82 valence electrons. The molecule has 0 saturated heterocycles. The predicted octanol–water partition coefficient (Wildman–Crippen LogP) is 2.20. The molecule has 2 heteroatoms. The van der Waals surface area contributed by atoms with Gasteiger partial charge in [-0.15, -0.1) is 0 Å². The van der Waals surface area contributed by atoms with Crippen molar-refractivity contribution in [3.05, 3.63) is 0 Å². The minimum Gasteiger partial charge on any atom is -0.388 e. The van der Waals surface area contributed by atoms with Crippen molar-refractivity contribution in [3.63, 3.8) is 0 Å². The van der Waals surface area contributed by atoms with Crippen LogP contribution in [0.5, 0.6) is 0 Å². The molecule has 2 fully saturated rings. The molecule has 0 aliphatic heterocycles. The zero-order valence-corrected chi connectivity index (χ0v) is 9.04. The summed E-state index contributed by atoms with van der Waals surface area (Å²) in [5.74, 6) is 0.624. The molecular weight excluding hydrogens is 174 g/mol. The molecule has 0 heterocycles. The van der Waals surface area contributed by atoms with Crippen molar-refractivity contribution in [2.24, 2.45) is 11.7 Å². The first kappa shape index (κ1) is 10.4. The van der Waals surface area contributed by atoms with Gasteiger partial charge in [-0.1, -0.05) is 32.1 Å². The van der Waals surface area contributed by atoms with Gasteiger partial charge in [0.15, 0.2) is 0 Å². The average Bonchev–Trinajstić information content (AvgIpc) is 2.93. The second kappa shape index (κ2) is 4.19. The normalized spacial score (nSPS) is 30.4. The summed E-state index contributed by atoms with van der Waals surface area (Å²) >= 11 is 0. The van der Waals surface area contributed by atoms with Crippen molar-refractivity contribution in [3.8, 4) is 0 Å². The smallest absolute Gasteiger partial charge is 0.0800 e. The van der Waals surface area contributed by atoms with E-state index < -0.39 is 5.60 Å². The molecule has 3 N–H and O–H groups in total. The number of hydrogen-bond acceptors (Lipinski definition) is 2. The third-order valence-electron chi connectivity index (χ3n) is 3.97. The van der Waals surface area contributed by atoms with Crippen molar-refractivity contribution in [2.75, 3.05) is 0 Å². The van der Waals surface area contributed by atoms with Gasteiger partial charge < -0.3 is 10.8 Å². The van der Waals surface area contributed by atoms with Crippen LogP contribution in [-0.4, -0.2) is 16.7 Å². The Morgan fingerprint density at radius 3 is 2.00 bits per heavy atom. The van der Waals surface area contributed by atoms with Crippen LogP contribution in [0.1, 0.15) is 57.8 Å². The third-order valence-corrected chi connectivity index (χ3v) is 3.97. The predicted molar refractivity (Wildman–Crippen MR) is 58.0 cm³/mol. The summed E-state index contributed by atoms with van der Waals surface area (Å²) in [6.45, 7) is 0. The fourth-order valence-corrected chi connectivity index (χ4v) is 2.74. The van der Waals surface area contributed by atoms with E-state index in [0.717, 1.165) is 25.7 Å². The van der Waals surface area contributed by atoms with Crippen LogP contribution < -0.4 is 5.73 Å². The maximum absolute atomic E-state index is 10.5. The van der Waals surface area contributed by atoms with Gasteiger partial charge in [0.2, 0.25) is 0 Å². The minimum atomic E-state index is -0.526. The zero-order valence-electron chi connectivity index (χ0n) is 9.04. The molecule has 1 unspecified atom stereocenters. The monoisotopic (exact) mass is 197 g/mol.